The van der Waals surface area contributed by atoms with Crippen LogP contribution in [0.4, 0.5) is 8.78 Å². The standard InChI is InChI=1S/C12H10BrF2N3O2/c13-8-2-1-5-17-9(8)12(14,15)10(19)18-6-11(20,7-18)3-4-16/h1-2,5,20H,3,6-7H2. The van der Waals surface area contributed by atoms with Gasteiger partial charge in [-0.3, -0.25) is 9.78 Å². The molecule has 1 aromatic rings. The Kier molecular flexibility index (Phi) is 3.75. The molecule has 1 aliphatic rings. The molecule has 1 aromatic heterocycles. The zero-order valence-electron chi connectivity index (χ0n) is 10.2. The molecular weight excluding hydrogens is 336 g/mol. The summed E-state index contributed by atoms with van der Waals surface area (Å²) in [5.41, 5.74) is -2.05. The molecule has 20 heavy (non-hydrogen) atoms. The molecule has 2 heterocycles. The van der Waals surface area contributed by atoms with Crippen molar-refractivity contribution in [1.29, 1.82) is 5.26 Å². The molecule has 1 saturated heterocycles. The van der Waals surface area contributed by atoms with Gasteiger partial charge >= 0.3 is 5.92 Å². The second kappa shape index (κ2) is 5.07. The summed E-state index contributed by atoms with van der Waals surface area (Å²) in [7, 11) is 0. The van der Waals surface area contributed by atoms with Gasteiger partial charge in [-0.2, -0.15) is 14.0 Å². The number of amides is 1. The molecule has 5 nitrogen and oxygen atoms in total. The van der Waals surface area contributed by atoms with Crippen LogP contribution in [0.15, 0.2) is 22.8 Å². The van der Waals surface area contributed by atoms with Crippen molar-refractivity contribution in [1.82, 2.24) is 9.88 Å². The number of carbonyl (C=O) groups excluding carboxylic acids is 1. The van der Waals surface area contributed by atoms with Gasteiger partial charge in [-0.25, -0.2) is 0 Å². The van der Waals surface area contributed by atoms with Gasteiger partial charge in [0, 0.05) is 10.7 Å². The van der Waals surface area contributed by atoms with Crippen LogP contribution in [0.5, 0.6) is 0 Å². The van der Waals surface area contributed by atoms with Gasteiger partial charge in [0.05, 0.1) is 25.6 Å². The van der Waals surface area contributed by atoms with Crippen molar-refractivity contribution in [3.63, 3.8) is 0 Å². The third-order valence-corrected chi connectivity index (χ3v) is 3.63. The Morgan fingerprint density at radius 3 is 2.85 bits per heavy atom. The molecule has 0 spiro atoms. The number of β-amino-alcohol motifs (C(OH)–C–C–N with tert-alkyl or cyclic N) is 1. The van der Waals surface area contributed by atoms with Crippen LogP contribution in [0, 0.1) is 11.3 Å². The fourth-order valence-electron chi connectivity index (χ4n) is 1.98. The molecule has 8 heteroatoms. The third-order valence-electron chi connectivity index (χ3n) is 2.99. The van der Waals surface area contributed by atoms with Crippen molar-refractivity contribution in [2.24, 2.45) is 0 Å². The Hall–Kier alpha value is -1.59. The lowest BCUT2D eigenvalue weighted by molar-refractivity contribution is -0.180. The zero-order chi connectivity index (χ0) is 15.0. The number of pyridine rings is 1. The highest BCUT2D eigenvalue weighted by Gasteiger charge is 2.53. The molecular formula is C12H10BrF2N3O2. The molecule has 106 valence electrons. The van der Waals surface area contributed by atoms with Crippen molar-refractivity contribution in [2.45, 2.75) is 17.9 Å². The lowest BCUT2D eigenvalue weighted by atomic mass is 9.90. The van der Waals surface area contributed by atoms with Gasteiger partial charge in [0.25, 0.3) is 5.91 Å². The topological polar surface area (TPSA) is 77.2 Å². The number of likely N-dealkylation sites (tertiary alicyclic amines) is 1. The average Bonchev–Trinajstić information content (AvgIpc) is 2.35. The van der Waals surface area contributed by atoms with E-state index in [-0.39, 0.29) is 24.0 Å². The van der Waals surface area contributed by atoms with E-state index in [1.54, 1.807) is 6.07 Å². The van der Waals surface area contributed by atoms with Gasteiger partial charge in [0.1, 0.15) is 11.3 Å². The van der Waals surface area contributed by atoms with Crippen molar-refractivity contribution >= 4 is 21.8 Å². The molecule has 0 aliphatic carbocycles. The van der Waals surface area contributed by atoms with Gasteiger partial charge in [-0.05, 0) is 28.1 Å². The lowest BCUT2D eigenvalue weighted by Gasteiger charge is -2.46. The summed E-state index contributed by atoms with van der Waals surface area (Å²) in [6.07, 6.45) is 0.971. The Bertz CT molecular complexity index is 582. The van der Waals surface area contributed by atoms with Gasteiger partial charge in [-0.1, -0.05) is 0 Å². The molecule has 1 amide bonds. The molecule has 0 bridgehead atoms. The molecule has 2 rings (SSSR count). The number of aromatic nitrogens is 1. The van der Waals surface area contributed by atoms with E-state index < -0.39 is 23.1 Å². The Balaban J connectivity index is 2.15. The maximum atomic E-state index is 14.1. The maximum Gasteiger partial charge on any atom is 0.367 e. The Labute approximate surface area is 122 Å². The van der Waals surface area contributed by atoms with Crippen molar-refractivity contribution in [3.8, 4) is 6.07 Å². The fraction of sp³-hybridized carbons (Fsp3) is 0.417. The maximum absolute atomic E-state index is 14.1. The SMILES string of the molecule is N#CCC1(O)CN(C(=O)C(F)(F)c2ncccc2Br)C1. The van der Waals surface area contributed by atoms with E-state index in [9.17, 15) is 18.7 Å². The molecule has 0 unspecified atom stereocenters. The van der Waals surface area contributed by atoms with Crippen LogP contribution in [0.25, 0.3) is 0 Å². The molecule has 1 N–H and O–H groups in total. The van der Waals surface area contributed by atoms with E-state index >= 15 is 0 Å². The first kappa shape index (κ1) is 14.8. The fourth-order valence-corrected chi connectivity index (χ4v) is 2.49. The van der Waals surface area contributed by atoms with Crippen molar-refractivity contribution < 1.29 is 18.7 Å². The minimum atomic E-state index is -3.78. The molecule has 0 aromatic carbocycles. The number of hydrogen-bond acceptors (Lipinski definition) is 4. The number of rotatable bonds is 3. The van der Waals surface area contributed by atoms with Gasteiger partial charge in [0.15, 0.2) is 0 Å². The largest absolute Gasteiger partial charge is 0.385 e. The highest BCUT2D eigenvalue weighted by atomic mass is 79.9. The number of carbonyl (C=O) groups is 1. The summed E-state index contributed by atoms with van der Waals surface area (Å²) in [6.45, 7) is -0.557. The van der Waals surface area contributed by atoms with E-state index in [0.717, 1.165) is 4.90 Å². The quantitative estimate of drug-likeness (QED) is 0.898. The number of alkyl halides is 2. The first-order valence-electron chi connectivity index (χ1n) is 5.68. The summed E-state index contributed by atoms with van der Waals surface area (Å²) in [5.74, 6) is -5.21. The number of aliphatic hydroxyl groups is 1. The van der Waals surface area contributed by atoms with Gasteiger partial charge < -0.3 is 10.0 Å². The van der Waals surface area contributed by atoms with Crippen LogP contribution in [0.3, 0.4) is 0 Å². The Morgan fingerprint density at radius 2 is 2.30 bits per heavy atom. The number of hydrogen-bond donors (Lipinski definition) is 1. The number of halogens is 3. The highest BCUT2D eigenvalue weighted by Crippen LogP contribution is 2.36. The zero-order valence-corrected chi connectivity index (χ0v) is 11.8. The van der Waals surface area contributed by atoms with Crippen LogP contribution in [0.1, 0.15) is 12.1 Å². The lowest BCUT2D eigenvalue weighted by Crippen LogP contribution is -2.65. The normalized spacial score (nSPS) is 17.2. The summed E-state index contributed by atoms with van der Waals surface area (Å²) in [5, 5.41) is 18.2. The second-order valence-electron chi connectivity index (χ2n) is 4.63. The van der Waals surface area contributed by atoms with E-state index in [1.165, 1.54) is 18.3 Å². The van der Waals surface area contributed by atoms with Crippen LogP contribution < -0.4 is 0 Å². The highest BCUT2D eigenvalue weighted by molar-refractivity contribution is 9.10. The minimum Gasteiger partial charge on any atom is -0.385 e. The van der Waals surface area contributed by atoms with Gasteiger partial charge in [-0.15, -0.1) is 0 Å². The first-order chi connectivity index (χ1) is 9.30. The molecule has 0 atom stereocenters. The Morgan fingerprint density at radius 1 is 1.65 bits per heavy atom. The molecule has 1 fully saturated rings. The number of nitrogens with zero attached hydrogens (tertiary/aromatic N) is 3. The van der Waals surface area contributed by atoms with Crippen molar-refractivity contribution in [3.05, 3.63) is 28.5 Å². The first-order valence-corrected chi connectivity index (χ1v) is 6.47. The summed E-state index contributed by atoms with van der Waals surface area (Å²) >= 11 is 2.93. The molecule has 1 aliphatic heterocycles. The van der Waals surface area contributed by atoms with E-state index in [0.29, 0.717) is 0 Å². The third kappa shape index (κ3) is 2.51. The van der Waals surface area contributed by atoms with E-state index in [4.69, 9.17) is 5.26 Å². The average molecular weight is 346 g/mol. The van der Waals surface area contributed by atoms with Crippen LogP contribution in [0.2, 0.25) is 0 Å². The van der Waals surface area contributed by atoms with Crippen LogP contribution >= 0.6 is 15.9 Å². The minimum absolute atomic E-state index is 0.0335. The predicted molar refractivity (Wildman–Crippen MR) is 67.6 cm³/mol. The number of nitriles is 1. The van der Waals surface area contributed by atoms with Crippen molar-refractivity contribution in [2.75, 3.05) is 13.1 Å². The van der Waals surface area contributed by atoms with E-state index in [2.05, 4.69) is 20.9 Å². The summed E-state index contributed by atoms with van der Waals surface area (Å²) < 4.78 is 28.2. The monoisotopic (exact) mass is 345 g/mol. The van der Waals surface area contributed by atoms with E-state index in [1.807, 2.05) is 0 Å². The predicted octanol–water partition coefficient (Wildman–Crippen LogP) is 1.42. The smallest absolute Gasteiger partial charge is 0.367 e. The van der Waals surface area contributed by atoms with Crippen LogP contribution in [-0.4, -0.2) is 39.6 Å². The molecule has 0 saturated carbocycles. The summed E-state index contributed by atoms with van der Waals surface area (Å²) in [6, 6.07) is 4.58. The van der Waals surface area contributed by atoms with Crippen LogP contribution in [-0.2, 0) is 10.7 Å². The van der Waals surface area contributed by atoms with Gasteiger partial charge in [0.2, 0.25) is 0 Å². The second-order valence-corrected chi connectivity index (χ2v) is 5.48. The summed E-state index contributed by atoms with van der Waals surface area (Å²) in [4.78, 5) is 16.2. The molecule has 0 radical (unpaired) electrons.